The van der Waals surface area contributed by atoms with Crippen LogP contribution in [0.2, 0.25) is 0 Å². The van der Waals surface area contributed by atoms with E-state index in [4.69, 9.17) is 18.9 Å². The topological polar surface area (TPSA) is 57.2 Å². The molecule has 0 bridgehead atoms. The Labute approximate surface area is 120 Å². The summed E-state index contributed by atoms with van der Waals surface area (Å²) < 4.78 is 21.7. The smallest absolute Gasteiger partial charge is 0.203 e. The summed E-state index contributed by atoms with van der Waals surface area (Å²) in [7, 11) is 3.11. The number of aliphatic hydroxyl groups is 1. The first-order valence-electron chi connectivity index (χ1n) is 6.83. The second-order valence-electron chi connectivity index (χ2n) is 4.30. The first-order chi connectivity index (χ1) is 9.76. The summed E-state index contributed by atoms with van der Waals surface area (Å²) in [6, 6.07) is 3.46. The highest BCUT2D eigenvalue weighted by atomic mass is 16.6. The fourth-order valence-corrected chi connectivity index (χ4v) is 1.72. The van der Waals surface area contributed by atoms with E-state index in [9.17, 15) is 5.11 Å². The third-order valence-corrected chi connectivity index (χ3v) is 2.82. The minimum atomic E-state index is -0.0763. The molecule has 1 N–H and O–H groups in total. The molecule has 0 radical (unpaired) electrons. The molecule has 0 saturated carbocycles. The fourth-order valence-electron chi connectivity index (χ4n) is 1.72. The summed E-state index contributed by atoms with van der Waals surface area (Å²) in [6.45, 7) is 3.74. The van der Waals surface area contributed by atoms with Gasteiger partial charge in [0.15, 0.2) is 11.5 Å². The number of rotatable bonds is 10. The van der Waals surface area contributed by atoms with Gasteiger partial charge in [0.05, 0.1) is 27.4 Å². The summed E-state index contributed by atoms with van der Waals surface area (Å²) in [5, 5.41) is 9.19. The van der Waals surface area contributed by atoms with E-state index in [0.717, 1.165) is 19.4 Å². The van der Waals surface area contributed by atoms with Gasteiger partial charge in [-0.3, -0.25) is 0 Å². The van der Waals surface area contributed by atoms with E-state index in [1.807, 2.05) is 0 Å². The zero-order valence-corrected chi connectivity index (χ0v) is 12.5. The van der Waals surface area contributed by atoms with E-state index >= 15 is 0 Å². The number of methoxy groups -OCH3 is 2. The molecule has 5 heteroatoms. The molecule has 1 rings (SSSR count). The maximum atomic E-state index is 9.19. The van der Waals surface area contributed by atoms with Crippen molar-refractivity contribution in [3.8, 4) is 17.2 Å². The summed E-state index contributed by atoms with van der Waals surface area (Å²) in [5.41, 5.74) is 0.713. The van der Waals surface area contributed by atoms with Gasteiger partial charge in [0.2, 0.25) is 5.75 Å². The molecule has 0 spiro atoms. The highest BCUT2D eigenvalue weighted by molar-refractivity contribution is 5.53. The van der Waals surface area contributed by atoms with Crippen molar-refractivity contribution >= 4 is 0 Å². The second kappa shape index (κ2) is 9.44. The number of unbranched alkanes of at least 4 members (excludes halogenated alkanes) is 1. The Morgan fingerprint density at radius 1 is 1.00 bits per heavy atom. The zero-order chi connectivity index (χ0) is 14.8. The molecule has 5 nitrogen and oxygen atoms in total. The first-order valence-corrected chi connectivity index (χ1v) is 6.83. The normalized spacial score (nSPS) is 10.4. The Balaban J connectivity index is 2.63. The highest BCUT2D eigenvalue weighted by Gasteiger charge is 2.13. The molecular weight excluding hydrogens is 260 g/mol. The molecule has 0 fully saturated rings. The van der Waals surface area contributed by atoms with Crippen molar-refractivity contribution < 1.29 is 24.1 Å². The standard InChI is InChI=1S/C15H24O5/c1-4-5-6-19-7-8-20-15-13(17-2)9-12(11-16)10-14(15)18-3/h9-10,16H,4-8,11H2,1-3H3. The molecule has 1 aromatic carbocycles. The van der Waals surface area contributed by atoms with Crippen LogP contribution in [-0.4, -0.2) is 39.1 Å². The molecule has 114 valence electrons. The Bertz CT molecular complexity index is 367. The van der Waals surface area contributed by atoms with Crippen molar-refractivity contribution in [1.82, 2.24) is 0 Å². The van der Waals surface area contributed by atoms with Crippen molar-refractivity contribution in [1.29, 1.82) is 0 Å². The van der Waals surface area contributed by atoms with Crippen LogP contribution in [0.1, 0.15) is 25.3 Å². The summed E-state index contributed by atoms with van der Waals surface area (Å²) >= 11 is 0. The minimum Gasteiger partial charge on any atom is -0.493 e. The Morgan fingerprint density at radius 3 is 2.15 bits per heavy atom. The van der Waals surface area contributed by atoms with Gasteiger partial charge in [-0.2, -0.15) is 0 Å². The highest BCUT2D eigenvalue weighted by Crippen LogP contribution is 2.38. The number of hydrogen-bond donors (Lipinski definition) is 1. The van der Waals surface area contributed by atoms with Crippen LogP contribution in [0, 0.1) is 0 Å². The van der Waals surface area contributed by atoms with E-state index in [2.05, 4.69) is 6.92 Å². The maximum Gasteiger partial charge on any atom is 0.203 e. The van der Waals surface area contributed by atoms with Crippen molar-refractivity contribution in [2.75, 3.05) is 34.0 Å². The third-order valence-electron chi connectivity index (χ3n) is 2.82. The number of ether oxygens (including phenoxy) is 4. The van der Waals surface area contributed by atoms with Gasteiger partial charge in [-0.15, -0.1) is 0 Å². The zero-order valence-electron chi connectivity index (χ0n) is 12.5. The predicted molar refractivity (Wildman–Crippen MR) is 76.7 cm³/mol. The molecule has 0 atom stereocenters. The lowest BCUT2D eigenvalue weighted by Crippen LogP contribution is -2.09. The lowest BCUT2D eigenvalue weighted by Gasteiger charge is -2.15. The van der Waals surface area contributed by atoms with E-state index in [1.54, 1.807) is 26.4 Å². The lowest BCUT2D eigenvalue weighted by molar-refractivity contribution is 0.0958. The van der Waals surface area contributed by atoms with Crippen molar-refractivity contribution in [2.45, 2.75) is 26.4 Å². The Hall–Kier alpha value is -1.46. The Morgan fingerprint density at radius 2 is 1.65 bits per heavy atom. The molecule has 1 aromatic rings. The van der Waals surface area contributed by atoms with E-state index in [1.165, 1.54) is 0 Å². The van der Waals surface area contributed by atoms with Gasteiger partial charge in [-0.05, 0) is 24.1 Å². The molecule has 0 aliphatic carbocycles. The van der Waals surface area contributed by atoms with Gasteiger partial charge in [0.25, 0.3) is 0 Å². The van der Waals surface area contributed by atoms with E-state index in [-0.39, 0.29) is 6.61 Å². The average molecular weight is 284 g/mol. The lowest BCUT2D eigenvalue weighted by atomic mass is 10.2. The van der Waals surface area contributed by atoms with Crippen LogP contribution in [-0.2, 0) is 11.3 Å². The average Bonchev–Trinajstić information content (AvgIpc) is 2.50. The molecule has 0 aromatic heterocycles. The molecule has 20 heavy (non-hydrogen) atoms. The van der Waals surface area contributed by atoms with Gasteiger partial charge < -0.3 is 24.1 Å². The van der Waals surface area contributed by atoms with E-state index in [0.29, 0.717) is 36.0 Å². The molecule has 0 amide bonds. The van der Waals surface area contributed by atoms with Gasteiger partial charge in [0, 0.05) is 6.61 Å². The van der Waals surface area contributed by atoms with Gasteiger partial charge in [0.1, 0.15) is 6.61 Å². The second-order valence-corrected chi connectivity index (χ2v) is 4.30. The molecule has 0 saturated heterocycles. The first kappa shape index (κ1) is 16.6. The third kappa shape index (κ3) is 4.90. The number of hydrogen-bond acceptors (Lipinski definition) is 5. The Kier molecular flexibility index (Phi) is 7.84. The van der Waals surface area contributed by atoms with Gasteiger partial charge >= 0.3 is 0 Å². The van der Waals surface area contributed by atoms with Crippen LogP contribution in [0.5, 0.6) is 17.2 Å². The van der Waals surface area contributed by atoms with Crippen LogP contribution >= 0.6 is 0 Å². The van der Waals surface area contributed by atoms with Crippen molar-refractivity contribution in [3.63, 3.8) is 0 Å². The number of aliphatic hydroxyl groups excluding tert-OH is 1. The number of benzene rings is 1. The maximum absolute atomic E-state index is 9.19. The van der Waals surface area contributed by atoms with Gasteiger partial charge in [-0.1, -0.05) is 13.3 Å². The van der Waals surface area contributed by atoms with Crippen molar-refractivity contribution in [3.05, 3.63) is 17.7 Å². The quantitative estimate of drug-likeness (QED) is 0.669. The molecular formula is C15H24O5. The minimum absolute atomic E-state index is 0.0763. The molecule has 0 heterocycles. The summed E-state index contributed by atoms with van der Waals surface area (Å²) in [4.78, 5) is 0. The SMILES string of the molecule is CCCCOCCOc1c(OC)cc(CO)cc1OC. The molecule has 0 aliphatic heterocycles. The molecule has 0 unspecified atom stereocenters. The van der Waals surface area contributed by atoms with Crippen LogP contribution < -0.4 is 14.2 Å². The summed E-state index contributed by atoms with van der Waals surface area (Å²) in [6.07, 6.45) is 2.17. The molecule has 0 aliphatic rings. The van der Waals surface area contributed by atoms with Crippen LogP contribution in [0.15, 0.2) is 12.1 Å². The fraction of sp³-hybridized carbons (Fsp3) is 0.600. The predicted octanol–water partition coefficient (Wildman–Crippen LogP) is 2.39. The van der Waals surface area contributed by atoms with E-state index < -0.39 is 0 Å². The van der Waals surface area contributed by atoms with Crippen molar-refractivity contribution in [2.24, 2.45) is 0 Å². The largest absolute Gasteiger partial charge is 0.493 e. The van der Waals surface area contributed by atoms with Gasteiger partial charge in [-0.25, -0.2) is 0 Å². The summed E-state index contributed by atoms with van der Waals surface area (Å²) in [5.74, 6) is 1.62. The van der Waals surface area contributed by atoms with Crippen LogP contribution in [0.4, 0.5) is 0 Å². The van der Waals surface area contributed by atoms with Crippen LogP contribution in [0.3, 0.4) is 0 Å². The van der Waals surface area contributed by atoms with Crippen LogP contribution in [0.25, 0.3) is 0 Å². The monoisotopic (exact) mass is 284 g/mol.